The molecular weight excluding hydrogens is 640 g/mol. The zero-order valence-electron chi connectivity index (χ0n) is 33.6. The largest absolute Gasteiger partial charge is 0.454 e. The maximum Gasteiger partial charge on any atom is 0.342 e. The van der Waals surface area contributed by atoms with Crippen molar-refractivity contribution in [3.63, 3.8) is 0 Å². The summed E-state index contributed by atoms with van der Waals surface area (Å²) in [5.41, 5.74) is -2.23. The number of aliphatic hydroxyl groups is 1. The lowest BCUT2D eigenvalue weighted by Crippen LogP contribution is -2.55. The Morgan fingerprint density at radius 1 is 0.549 bits per heavy atom. The first-order chi connectivity index (χ1) is 24.7. The Balaban J connectivity index is 1.66. The highest BCUT2D eigenvalue weighted by atomic mass is 16.8. The fraction of sp³-hybridized carbons (Fsp3) is 0.932. The fourth-order valence-corrected chi connectivity index (χ4v) is 7.90. The summed E-state index contributed by atoms with van der Waals surface area (Å²) in [6, 6.07) is 0. The highest BCUT2D eigenvalue weighted by Gasteiger charge is 2.58. The van der Waals surface area contributed by atoms with Crippen LogP contribution in [0.5, 0.6) is 0 Å². The Hall–Kier alpha value is -1.63. The molecule has 2 heterocycles. The van der Waals surface area contributed by atoms with Crippen LogP contribution in [0, 0.1) is 5.92 Å². The van der Waals surface area contributed by atoms with Gasteiger partial charge in [0.25, 0.3) is 5.79 Å². The lowest BCUT2D eigenvalue weighted by atomic mass is 9.93. The monoisotopic (exact) mass is 721 g/mol. The van der Waals surface area contributed by atoms with E-state index < -0.39 is 48.2 Å². The SMILES string of the molecule is CCCCCCCCCCCCCCCCC12OC(=O)CC(O)(CC(=O)OC1CCCCCCCCCCCCCCCCCC(C)C)C(=O)O2. The number of fused-ring (bicyclic) bond motifs is 3. The average molecular weight is 721 g/mol. The molecule has 298 valence electrons. The zero-order valence-corrected chi connectivity index (χ0v) is 33.6. The van der Waals surface area contributed by atoms with Gasteiger partial charge in [0.15, 0.2) is 11.7 Å². The van der Waals surface area contributed by atoms with E-state index in [0.717, 1.165) is 44.4 Å². The van der Waals surface area contributed by atoms with Gasteiger partial charge in [-0.25, -0.2) is 4.79 Å². The Morgan fingerprint density at radius 3 is 1.39 bits per heavy atom. The highest BCUT2D eigenvalue weighted by Crippen LogP contribution is 2.40. The quantitative estimate of drug-likeness (QED) is 0.0532. The number of carbonyl (C=O) groups excluding carboxylic acids is 3. The number of hydrogen-bond acceptors (Lipinski definition) is 7. The van der Waals surface area contributed by atoms with E-state index >= 15 is 0 Å². The summed E-state index contributed by atoms with van der Waals surface area (Å²) in [5, 5.41) is 10.9. The first-order valence-electron chi connectivity index (χ1n) is 22.1. The molecule has 0 aromatic rings. The van der Waals surface area contributed by atoms with Crippen LogP contribution in [0.4, 0.5) is 0 Å². The first-order valence-corrected chi connectivity index (χ1v) is 22.1. The summed E-state index contributed by atoms with van der Waals surface area (Å²) in [6.07, 6.45) is 36.1. The normalized spacial score (nSPS) is 22.1. The molecule has 2 aliphatic rings. The van der Waals surface area contributed by atoms with Crippen molar-refractivity contribution in [3.05, 3.63) is 0 Å². The summed E-state index contributed by atoms with van der Waals surface area (Å²) in [5.74, 6) is -3.17. The molecule has 1 N–H and O–H groups in total. The molecule has 2 rings (SSSR count). The Morgan fingerprint density at radius 2 is 0.941 bits per heavy atom. The molecule has 0 saturated carbocycles. The Bertz CT molecular complexity index is 919. The highest BCUT2D eigenvalue weighted by molar-refractivity contribution is 5.92. The second-order valence-electron chi connectivity index (χ2n) is 16.7. The number of ether oxygens (including phenoxy) is 3. The van der Waals surface area contributed by atoms with Gasteiger partial charge in [-0.05, 0) is 25.2 Å². The maximum atomic E-state index is 13.1. The van der Waals surface area contributed by atoms with E-state index in [1.165, 1.54) is 148 Å². The number of unbranched alkanes of at least 4 members (excludes halogenated alkanes) is 27. The van der Waals surface area contributed by atoms with Crippen molar-refractivity contribution < 1.29 is 33.7 Å². The second-order valence-corrected chi connectivity index (χ2v) is 16.7. The fourth-order valence-electron chi connectivity index (χ4n) is 7.90. The molecule has 2 aliphatic heterocycles. The van der Waals surface area contributed by atoms with Gasteiger partial charge in [-0.3, -0.25) is 9.59 Å². The minimum absolute atomic E-state index is 0.273. The Kier molecular flexibility index (Phi) is 24.9. The van der Waals surface area contributed by atoms with Gasteiger partial charge in [-0.2, -0.15) is 0 Å². The van der Waals surface area contributed by atoms with Crippen LogP contribution in [-0.2, 0) is 28.6 Å². The number of hydrogen-bond donors (Lipinski definition) is 1. The summed E-state index contributed by atoms with van der Waals surface area (Å²) in [7, 11) is 0. The van der Waals surface area contributed by atoms with Crippen molar-refractivity contribution in [1.82, 2.24) is 0 Å². The molecule has 7 nitrogen and oxygen atoms in total. The predicted octanol–water partition coefficient (Wildman–Crippen LogP) is 12.4. The molecule has 0 amide bonds. The molecule has 0 aromatic carbocycles. The van der Waals surface area contributed by atoms with Crippen LogP contribution in [0.25, 0.3) is 0 Å². The molecule has 3 atom stereocenters. The molecular formula is C44H80O7. The maximum absolute atomic E-state index is 13.1. The lowest BCUT2D eigenvalue weighted by molar-refractivity contribution is -0.273. The molecule has 2 fully saturated rings. The number of cyclic esters (lactones) is 1. The standard InChI is InChI=1S/C44H80O7/c1-4-5-6-7-8-9-10-11-17-20-23-26-29-32-35-44-39(49-40(45)36-43(48,42(47)51-44)37-41(46)50-44)34-31-28-25-22-19-16-14-12-13-15-18-21-24-27-30-33-38(2)3/h38-39,48H,4-37H2,1-3H3. The van der Waals surface area contributed by atoms with E-state index in [1.807, 2.05) is 0 Å². The van der Waals surface area contributed by atoms with Gasteiger partial charge in [0.05, 0.1) is 12.8 Å². The summed E-state index contributed by atoms with van der Waals surface area (Å²) < 4.78 is 17.5. The van der Waals surface area contributed by atoms with Crippen molar-refractivity contribution in [1.29, 1.82) is 0 Å². The predicted molar refractivity (Wildman–Crippen MR) is 207 cm³/mol. The molecule has 2 bridgehead atoms. The van der Waals surface area contributed by atoms with Crippen molar-refractivity contribution >= 4 is 17.9 Å². The van der Waals surface area contributed by atoms with Gasteiger partial charge in [-0.15, -0.1) is 0 Å². The zero-order chi connectivity index (χ0) is 37.0. The number of rotatable bonds is 33. The molecule has 2 saturated heterocycles. The van der Waals surface area contributed by atoms with Crippen LogP contribution in [0.2, 0.25) is 0 Å². The Labute approximate surface area is 313 Å². The average Bonchev–Trinajstić information content (AvgIpc) is 3.15. The molecule has 0 radical (unpaired) electrons. The van der Waals surface area contributed by atoms with E-state index in [0.29, 0.717) is 12.8 Å². The summed E-state index contributed by atoms with van der Waals surface area (Å²) in [6.45, 7) is 6.89. The molecule has 0 aromatic heterocycles. The van der Waals surface area contributed by atoms with Gasteiger partial charge >= 0.3 is 17.9 Å². The molecule has 51 heavy (non-hydrogen) atoms. The van der Waals surface area contributed by atoms with Crippen molar-refractivity contribution in [2.45, 2.75) is 257 Å². The molecule has 0 spiro atoms. The van der Waals surface area contributed by atoms with Crippen molar-refractivity contribution in [2.24, 2.45) is 5.92 Å². The van der Waals surface area contributed by atoms with Crippen LogP contribution >= 0.6 is 0 Å². The first kappa shape index (κ1) is 45.5. The second kappa shape index (κ2) is 27.9. The van der Waals surface area contributed by atoms with E-state index in [2.05, 4.69) is 20.8 Å². The summed E-state index contributed by atoms with van der Waals surface area (Å²) in [4.78, 5) is 38.8. The molecule has 0 aliphatic carbocycles. The minimum Gasteiger partial charge on any atom is -0.454 e. The van der Waals surface area contributed by atoms with Crippen LogP contribution in [0.1, 0.15) is 239 Å². The van der Waals surface area contributed by atoms with Crippen molar-refractivity contribution in [2.75, 3.05) is 0 Å². The van der Waals surface area contributed by atoms with Gasteiger partial charge in [-0.1, -0.05) is 201 Å². The lowest BCUT2D eigenvalue weighted by Gasteiger charge is -2.39. The minimum atomic E-state index is -2.23. The van der Waals surface area contributed by atoms with E-state index in [-0.39, 0.29) is 6.42 Å². The molecule has 3 unspecified atom stereocenters. The van der Waals surface area contributed by atoms with Crippen LogP contribution < -0.4 is 0 Å². The van der Waals surface area contributed by atoms with Crippen LogP contribution in [0.15, 0.2) is 0 Å². The van der Waals surface area contributed by atoms with Crippen molar-refractivity contribution in [3.8, 4) is 0 Å². The topological polar surface area (TPSA) is 99.1 Å². The van der Waals surface area contributed by atoms with Gasteiger partial charge < -0.3 is 19.3 Å². The third-order valence-corrected chi connectivity index (χ3v) is 11.2. The van der Waals surface area contributed by atoms with E-state index in [1.54, 1.807) is 0 Å². The van der Waals surface area contributed by atoms with Gasteiger partial charge in [0.1, 0.15) is 0 Å². The van der Waals surface area contributed by atoms with Crippen LogP contribution in [-0.4, -0.2) is 40.5 Å². The van der Waals surface area contributed by atoms with E-state index in [9.17, 15) is 19.5 Å². The number of carbonyl (C=O) groups is 3. The van der Waals surface area contributed by atoms with E-state index in [4.69, 9.17) is 14.2 Å². The molecule has 7 heteroatoms. The third-order valence-electron chi connectivity index (χ3n) is 11.2. The smallest absolute Gasteiger partial charge is 0.342 e. The summed E-state index contributed by atoms with van der Waals surface area (Å²) >= 11 is 0. The van der Waals surface area contributed by atoms with Crippen LogP contribution in [0.3, 0.4) is 0 Å². The van der Waals surface area contributed by atoms with Gasteiger partial charge in [0, 0.05) is 6.42 Å². The van der Waals surface area contributed by atoms with Gasteiger partial charge in [0.2, 0.25) is 0 Å². The third kappa shape index (κ3) is 20.4. The number of esters is 3.